The van der Waals surface area contributed by atoms with Crippen LogP contribution in [0.5, 0.6) is 0 Å². The van der Waals surface area contributed by atoms with Crippen LogP contribution < -0.4 is 0 Å². The summed E-state index contributed by atoms with van der Waals surface area (Å²) in [5, 5.41) is 8.99. The van der Waals surface area contributed by atoms with Crippen molar-refractivity contribution in [3.63, 3.8) is 0 Å². The van der Waals surface area contributed by atoms with E-state index in [0.717, 1.165) is 4.31 Å². The van der Waals surface area contributed by atoms with Gasteiger partial charge in [0.2, 0.25) is 10.0 Å². The summed E-state index contributed by atoms with van der Waals surface area (Å²) in [6.45, 7) is 1.65. The zero-order chi connectivity index (χ0) is 15.1. The van der Waals surface area contributed by atoms with Crippen LogP contribution in [0.3, 0.4) is 0 Å². The molecule has 0 aromatic heterocycles. The second-order valence-corrected chi connectivity index (χ2v) is 7.88. The summed E-state index contributed by atoms with van der Waals surface area (Å²) in [5.41, 5.74) is 0. The van der Waals surface area contributed by atoms with Gasteiger partial charge in [0.15, 0.2) is 0 Å². The number of sulfonamides is 1. The first kappa shape index (κ1) is 15.6. The van der Waals surface area contributed by atoms with Crippen molar-refractivity contribution >= 4 is 16.0 Å². The van der Waals surface area contributed by atoms with E-state index in [1.54, 1.807) is 6.92 Å². The maximum Gasteiger partial charge on any atom is 0.308 e. The molecule has 0 aromatic carbocycles. The number of alkyl halides is 2. The lowest BCUT2D eigenvalue weighted by atomic mass is 9.99. The van der Waals surface area contributed by atoms with Gasteiger partial charge < -0.3 is 5.11 Å². The van der Waals surface area contributed by atoms with E-state index >= 15 is 0 Å². The Morgan fingerprint density at radius 2 is 2.05 bits per heavy atom. The molecule has 0 spiro atoms. The van der Waals surface area contributed by atoms with Crippen LogP contribution in [0, 0.1) is 17.8 Å². The normalized spacial score (nSPS) is 34.5. The van der Waals surface area contributed by atoms with Crippen LogP contribution in [-0.2, 0) is 14.8 Å². The van der Waals surface area contributed by atoms with Crippen molar-refractivity contribution in [1.29, 1.82) is 0 Å². The van der Waals surface area contributed by atoms with Crippen molar-refractivity contribution in [3.8, 4) is 0 Å². The van der Waals surface area contributed by atoms with Crippen LogP contribution in [0.4, 0.5) is 8.78 Å². The summed E-state index contributed by atoms with van der Waals surface area (Å²) in [6, 6.07) is 0. The summed E-state index contributed by atoms with van der Waals surface area (Å²) in [7, 11) is -3.82. The predicted octanol–water partition coefficient (Wildman–Crippen LogP) is 1.40. The summed E-state index contributed by atoms with van der Waals surface area (Å²) in [6.07, 6.45) is 0.278. The average Bonchev–Trinajstić information content (AvgIpc) is 2.83. The third kappa shape index (κ3) is 2.95. The number of hydrogen-bond donors (Lipinski definition) is 1. The van der Waals surface area contributed by atoms with Crippen molar-refractivity contribution in [3.05, 3.63) is 0 Å². The third-order valence-electron chi connectivity index (χ3n) is 4.36. The second kappa shape index (κ2) is 5.22. The lowest BCUT2D eigenvalue weighted by molar-refractivity contribution is -0.142. The average molecular weight is 311 g/mol. The highest BCUT2D eigenvalue weighted by atomic mass is 32.2. The highest BCUT2D eigenvalue weighted by Crippen LogP contribution is 2.41. The van der Waals surface area contributed by atoms with Gasteiger partial charge in [-0.25, -0.2) is 21.5 Å². The number of rotatable bonds is 4. The van der Waals surface area contributed by atoms with Gasteiger partial charge >= 0.3 is 5.97 Å². The van der Waals surface area contributed by atoms with Crippen LogP contribution in [0.15, 0.2) is 0 Å². The molecule has 0 radical (unpaired) electrons. The molecule has 0 bridgehead atoms. The zero-order valence-electron chi connectivity index (χ0n) is 11.3. The van der Waals surface area contributed by atoms with E-state index in [9.17, 15) is 22.0 Å². The van der Waals surface area contributed by atoms with Crippen molar-refractivity contribution in [2.24, 2.45) is 17.8 Å². The highest BCUT2D eigenvalue weighted by Gasteiger charge is 2.48. The molecular formula is C12H19F2NO4S. The van der Waals surface area contributed by atoms with E-state index in [2.05, 4.69) is 0 Å². The van der Waals surface area contributed by atoms with Gasteiger partial charge in [0.25, 0.3) is 5.92 Å². The van der Waals surface area contributed by atoms with Crippen LogP contribution in [0.25, 0.3) is 0 Å². The summed E-state index contributed by atoms with van der Waals surface area (Å²) >= 11 is 0. The van der Waals surface area contributed by atoms with Gasteiger partial charge in [0, 0.05) is 25.4 Å². The van der Waals surface area contributed by atoms with Gasteiger partial charge in [-0.3, -0.25) is 4.79 Å². The number of hydrogen-bond acceptors (Lipinski definition) is 3. The number of carboxylic acid groups (broad SMARTS) is 1. The Morgan fingerprint density at radius 1 is 1.40 bits per heavy atom. The maximum absolute atomic E-state index is 13.5. The minimum atomic E-state index is -3.82. The molecule has 1 saturated heterocycles. The van der Waals surface area contributed by atoms with E-state index in [0.29, 0.717) is 6.42 Å². The van der Waals surface area contributed by atoms with Crippen molar-refractivity contribution in [2.75, 3.05) is 18.8 Å². The molecule has 8 heteroatoms. The first-order valence-corrected chi connectivity index (χ1v) is 8.33. The van der Waals surface area contributed by atoms with E-state index in [1.165, 1.54) is 0 Å². The van der Waals surface area contributed by atoms with Gasteiger partial charge in [-0.15, -0.1) is 0 Å². The number of aliphatic carboxylic acids is 1. The molecule has 2 fully saturated rings. The van der Waals surface area contributed by atoms with Gasteiger partial charge in [-0.2, -0.15) is 0 Å². The van der Waals surface area contributed by atoms with Crippen LogP contribution in [0.1, 0.15) is 26.2 Å². The van der Waals surface area contributed by atoms with E-state index in [4.69, 9.17) is 5.11 Å². The maximum atomic E-state index is 13.5. The molecule has 1 N–H and O–H groups in total. The Labute approximate surface area is 117 Å². The SMILES string of the molecule is C[C@@H]1CN(S(=O)(=O)CC2CCCC2(F)F)C[C@H]1C(=O)O. The fraction of sp³-hybridized carbons (Fsp3) is 0.917. The van der Waals surface area contributed by atoms with Gasteiger partial charge in [0.1, 0.15) is 0 Å². The molecule has 2 aliphatic rings. The molecule has 2 rings (SSSR count). The number of carboxylic acids is 1. The molecule has 116 valence electrons. The topological polar surface area (TPSA) is 74.7 Å². The number of halogens is 2. The van der Waals surface area contributed by atoms with E-state index in [1.807, 2.05) is 0 Å². The van der Waals surface area contributed by atoms with Gasteiger partial charge in [0.05, 0.1) is 11.7 Å². The lowest BCUT2D eigenvalue weighted by Gasteiger charge is -2.22. The van der Waals surface area contributed by atoms with Crippen molar-refractivity contribution < 1.29 is 27.1 Å². The minimum absolute atomic E-state index is 0.0948. The first-order valence-electron chi connectivity index (χ1n) is 6.72. The fourth-order valence-corrected chi connectivity index (χ4v) is 5.02. The molecule has 20 heavy (non-hydrogen) atoms. The van der Waals surface area contributed by atoms with Crippen LogP contribution >= 0.6 is 0 Å². The molecule has 1 aliphatic heterocycles. The quantitative estimate of drug-likeness (QED) is 0.851. The lowest BCUT2D eigenvalue weighted by Crippen LogP contribution is -2.37. The number of carbonyl (C=O) groups is 1. The van der Waals surface area contributed by atoms with Crippen molar-refractivity contribution in [1.82, 2.24) is 4.31 Å². The first-order chi connectivity index (χ1) is 9.13. The zero-order valence-corrected chi connectivity index (χ0v) is 12.1. The Balaban J connectivity index is 2.07. The standard InChI is InChI=1S/C12H19F2NO4S/c1-8-5-15(6-10(8)11(16)17)20(18,19)7-9-3-2-4-12(9,13)14/h8-10H,2-7H2,1H3,(H,16,17)/t8-,9?,10-/m1/s1. The van der Waals surface area contributed by atoms with Gasteiger partial charge in [-0.1, -0.05) is 6.92 Å². The molecule has 0 aromatic rings. The minimum Gasteiger partial charge on any atom is -0.481 e. The Morgan fingerprint density at radius 3 is 2.50 bits per heavy atom. The molecular weight excluding hydrogens is 292 g/mol. The molecule has 0 amide bonds. The van der Waals surface area contributed by atoms with Gasteiger partial charge in [-0.05, 0) is 18.8 Å². The molecule has 3 atom stereocenters. The summed E-state index contributed by atoms with van der Waals surface area (Å²) < 4.78 is 52.5. The smallest absolute Gasteiger partial charge is 0.308 e. The Kier molecular flexibility index (Phi) is 4.07. The number of nitrogens with zero attached hydrogens (tertiary/aromatic N) is 1. The fourth-order valence-electron chi connectivity index (χ4n) is 3.04. The summed E-state index contributed by atoms with van der Waals surface area (Å²) in [5.74, 6) is -6.75. The molecule has 1 saturated carbocycles. The molecule has 1 aliphatic carbocycles. The van der Waals surface area contributed by atoms with Crippen molar-refractivity contribution in [2.45, 2.75) is 32.1 Å². The molecule has 1 heterocycles. The van der Waals surface area contributed by atoms with E-state index < -0.39 is 39.5 Å². The third-order valence-corrected chi connectivity index (χ3v) is 6.27. The van der Waals surface area contributed by atoms with E-state index in [-0.39, 0.29) is 31.8 Å². The largest absolute Gasteiger partial charge is 0.481 e. The Hall–Kier alpha value is -0.760. The summed E-state index contributed by atoms with van der Waals surface area (Å²) in [4.78, 5) is 11.0. The highest BCUT2D eigenvalue weighted by molar-refractivity contribution is 7.89. The Bertz CT molecular complexity index is 494. The molecule has 1 unspecified atom stereocenters. The van der Waals surface area contributed by atoms with Crippen LogP contribution in [-0.4, -0.2) is 48.6 Å². The second-order valence-electron chi connectivity index (χ2n) is 5.87. The monoisotopic (exact) mass is 311 g/mol. The van der Waals surface area contributed by atoms with Crippen LogP contribution in [0.2, 0.25) is 0 Å². The predicted molar refractivity (Wildman–Crippen MR) is 67.9 cm³/mol. The molecule has 5 nitrogen and oxygen atoms in total.